The lowest BCUT2D eigenvalue weighted by Gasteiger charge is -2.49. The van der Waals surface area contributed by atoms with E-state index in [0.717, 1.165) is 40.9 Å². The molecule has 3 aliphatic rings. The number of nitrogens with zero attached hydrogens (tertiary/aromatic N) is 1. The standard InChI is InChI=1S/C39H40Cl3NO4/c1-6-46-33-16-25(15-28(42)37(33)47-22-24-12-13-26(40)27(41)14-24)34-35-29(17-38(2,3)19-31(35)44)43(21-23-10-8-7-9-11-23)30-18-39(4,5)20-32(45)36(30)34/h7-16,34H,6,17-22H2,1-5H3. The number of ether oxygens (including phenoxy) is 2. The molecule has 1 heterocycles. The molecule has 5 nitrogen and oxygen atoms in total. The number of allylic oxidation sites excluding steroid dienone is 4. The van der Waals surface area contributed by atoms with E-state index in [2.05, 4.69) is 44.7 Å². The number of hydrogen-bond donors (Lipinski definition) is 0. The quantitative estimate of drug-likeness (QED) is 0.235. The van der Waals surface area contributed by atoms with Crippen molar-refractivity contribution in [2.75, 3.05) is 6.61 Å². The lowest BCUT2D eigenvalue weighted by molar-refractivity contribution is -0.119. The molecule has 0 fully saturated rings. The van der Waals surface area contributed by atoms with Gasteiger partial charge in [-0.15, -0.1) is 0 Å². The second kappa shape index (κ2) is 13.0. The number of carbonyl (C=O) groups is 2. The summed E-state index contributed by atoms with van der Waals surface area (Å²) in [5, 5.41) is 1.24. The number of Topliss-reactive ketones (excluding diaryl/α,β-unsaturated/α-hetero) is 2. The van der Waals surface area contributed by atoms with Crippen molar-refractivity contribution in [2.24, 2.45) is 10.8 Å². The largest absolute Gasteiger partial charge is 0.490 e. The van der Waals surface area contributed by atoms with Gasteiger partial charge in [0.15, 0.2) is 23.1 Å². The molecule has 8 heteroatoms. The Morgan fingerprint density at radius 3 is 1.91 bits per heavy atom. The third kappa shape index (κ3) is 6.86. The summed E-state index contributed by atoms with van der Waals surface area (Å²) in [4.78, 5) is 30.8. The predicted octanol–water partition coefficient (Wildman–Crippen LogP) is 10.5. The molecule has 0 saturated carbocycles. The minimum Gasteiger partial charge on any atom is -0.490 e. The van der Waals surface area contributed by atoms with Crippen LogP contribution in [0.1, 0.15) is 82.9 Å². The molecule has 0 spiro atoms. The molecule has 0 unspecified atom stereocenters. The van der Waals surface area contributed by atoms with E-state index < -0.39 is 5.92 Å². The summed E-state index contributed by atoms with van der Waals surface area (Å²) in [6.45, 7) is 11.6. The van der Waals surface area contributed by atoms with Gasteiger partial charge in [-0.1, -0.05) is 98.9 Å². The van der Waals surface area contributed by atoms with Crippen molar-refractivity contribution in [3.8, 4) is 11.5 Å². The van der Waals surface area contributed by atoms with Crippen molar-refractivity contribution in [2.45, 2.75) is 79.4 Å². The second-order valence-electron chi connectivity index (χ2n) is 14.4. The number of hydrogen-bond acceptors (Lipinski definition) is 5. The summed E-state index contributed by atoms with van der Waals surface area (Å²) in [6.07, 6.45) is 2.25. The molecule has 0 saturated heterocycles. The first-order valence-corrected chi connectivity index (χ1v) is 17.3. The van der Waals surface area contributed by atoms with Gasteiger partial charge in [-0.3, -0.25) is 9.59 Å². The maximum absolute atomic E-state index is 14.3. The van der Waals surface area contributed by atoms with Gasteiger partial charge in [-0.25, -0.2) is 0 Å². The van der Waals surface area contributed by atoms with E-state index in [1.165, 1.54) is 0 Å². The van der Waals surface area contributed by atoms with Gasteiger partial charge in [0, 0.05) is 47.8 Å². The van der Waals surface area contributed by atoms with Gasteiger partial charge in [-0.05, 0) is 71.6 Å². The van der Waals surface area contributed by atoms with Crippen LogP contribution in [0.4, 0.5) is 0 Å². The maximum atomic E-state index is 14.3. The topological polar surface area (TPSA) is 55.8 Å². The van der Waals surface area contributed by atoms with Crippen LogP contribution in [0, 0.1) is 10.8 Å². The number of benzene rings is 3. The molecular weight excluding hydrogens is 653 g/mol. The Kier molecular flexibility index (Phi) is 9.30. The highest BCUT2D eigenvalue weighted by molar-refractivity contribution is 6.42. The van der Waals surface area contributed by atoms with Crippen molar-refractivity contribution in [3.05, 3.63) is 115 Å². The molecule has 3 aromatic rings. The van der Waals surface area contributed by atoms with Crippen molar-refractivity contribution in [3.63, 3.8) is 0 Å². The Morgan fingerprint density at radius 1 is 0.723 bits per heavy atom. The molecule has 6 rings (SSSR count). The van der Waals surface area contributed by atoms with Gasteiger partial charge in [0.1, 0.15) is 6.61 Å². The SMILES string of the molecule is CCOc1cc(C2C3=C(CC(C)(C)CC3=O)N(Cc3ccccc3)C3=C2C(=O)CC(C)(C)C3)cc(Cl)c1OCc1ccc(Cl)c(Cl)c1. The van der Waals surface area contributed by atoms with Gasteiger partial charge >= 0.3 is 0 Å². The van der Waals surface area contributed by atoms with Gasteiger partial charge in [-0.2, -0.15) is 0 Å². The van der Waals surface area contributed by atoms with Crippen LogP contribution in [0.2, 0.25) is 15.1 Å². The molecule has 246 valence electrons. The summed E-state index contributed by atoms with van der Waals surface area (Å²) in [5.41, 5.74) is 5.63. The lowest BCUT2D eigenvalue weighted by atomic mass is 9.63. The van der Waals surface area contributed by atoms with E-state index in [4.69, 9.17) is 44.3 Å². The molecule has 3 aromatic carbocycles. The third-order valence-corrected chi connectivity index (χ3v) is 10.3. The monoisotopic (exact) mass is 691 g/mol. The highest BCUT2D eigenvalue weighted by Gasteiger charge is 2.49. The zero-order valence-corrected chi connectivity index (χ0v) is 29.8. The van der Waals surface area contributed by atoms with Gasteiger partial charge in [0.25, 0.3) is 0 Å². The van der Waals surface area contributed by atoms with Crippen LogP contribution in [0.3, 0.4) is 0 Å². The van der Waals surface area contributed by atoms with E-state index in [-0.39, 0.29) is 29.0 Å². The van der Waals surface area contributed by atoms with Gasteiger partial charge in [0.05, 0.1) is 21.7 Å². The number of carbonyl (C=O) groups excluding carboxylic acids is 2. The number of ketones is 2. The Hall–Kier alpha value is -3.25. The van der Waals surface area contributed by atoms with Crippen LogP contribution < -0.4 is 9.47 Å². The van der Waals surface area contributed by atoms with Crippen LogP contribution in [-0.2, 0) is 22.7 Å². The van der Waals surface area contributed by atoms with E-state index in [0.29, 0.717) is 63.7 Å². The van der Waals surface area contributed by atoms with Crippen LogP contribution in [0.15, 0.2) is 83.2 Å². The Morgan fingerprint density at radius 2 is 1.34 bits per heavy atom. The summed E-state index contributed by atoms with van der Waals surface area (Å²) < 4.78 is 12.3. The number of rotatable bonds is 8. The average Bonchev–Trinajstić information content (AvgIpc) is 2.98. The Balaban J connectivity index is 1.50. The van der Waals surface area contributed by atoms with Crippen LogP contribution in [-0.4, -0.2) is 23.1 Å². The second-order valence-corrected chi connectivity index (χ2v) is 15.6. The zero-order chi connectivity index (χ0) is 33.7. The van der Waals surface area contributed by atoms with E-state index in [9.17, 15) is 9.59 Å². The first-order valence-electron chi connectivity index (χ1n) is 16.1. The van der Waals surface area contributed by atoms with E-state index >= 15 is 0 Å². The molecule has 2 aliphatic carbocycles. The molecule has 0 bridgehead atoms. The first kappa shape index (κ1) is 33.6. The van der Waals surface area contributed by atoms with Crippen LogP contribution in [0.5, 0.6) is 11.5 Å². The van der Waals surface area contributed by atoms with Gasteiger partial charge in [0.2, 0.25) is 0 Å². The fraction of sp³-hybridized carbons (Fsp3) is 0.385. The summed E-state index contributed by atoms with van der Waals surface area (Å²) >= 11 is 19.3. The summed E-state index contributed by atoms with van der Waals surface area (Å²) in [6, 6.07) is 19.3. The maximum Gasteiger partial charge on any atom is 0.180 e. The minimum atomic E-state index is -0.556. The van der Waals surface area contributed by atoms with E-state index in [1.54, 1.807) is 12.1 Å². The van der Waals surface area contributed by atoms with Crippen molar-refractivity contribution >= 4 is 46.4 Å². The molecule has 0 aromatic heterocycles. The highest BCUT2D eigenvalue weighted by Crippen LogP contribution is 2.56. The Labute approximate surface area is 292 Å². The summed E-state index contributed by atoms with van der Waals surface area (Å²) in [7, 11) is 0. The van der Waals surface area contributed by atoms with E-state index in [1.807, 2.05) is 43.3 Å². The molecular formula is C39H40Cl3NO4. The molecule has 0 N–H and O–H groups in total. The van der Waals surface area contributed by atoms with Crippen LogP contribution in [0.25, 0.3) is 0 Å². The molecule has 1 aliphatic heterocycles. The lowest BCUT2D eigenvalue weighted by Crippen LogP contribution is -2.44. The van der Waals surface area contributed by atoms with Gasteiger partial charge < -0.3 is 14.4 Å². The predicted molar refractivity (Wildman–Crippen MR) is 188 cm³/mol. The number of halogens is 3. The molecule has 0 radical (unpaired) electrons. The molecule has 47 heavy (non-hydrogen) atoms. The van der Waals surface area contributed by atoms with Crippen molar-refractivity contribution in [1.29, 1.82) is 0 Å². The fourth-order valence-corrected chi connectivity index (χ4v) is 7.87. The highest BCUT2D eigenvalue weighted by atomic mass is 35.5. The smallest absolute Gasteiger partial charge is 0.180 e. The average molecular weight is 693 g/mol. The first-order chi connectivity index (χ1) is 22.3. The molecule has 0 atom stereocenters. The molecule has 0 amide bonds. The Bertz CT molecular complexity index is 1750. The summed E-state index contributed by atoms with van der Waals surface area (Å²) in [5.74, 6) is 0.425. The fourth-order valence-electron chi connectivity index (χ4n) is 7.28. The normalized spacial score (nSPS) is 19.1. The minimum absolute atomic E-state index is 0.0671. The third-order valence-electron chi connectivity index (χ3n) is 9.24. The van der Waals surface area contributed by atoms with Crippen LogP contribution >= 0.6 is 34.8 Å². The van der Waals surface area contributed by atoms with Crippen molar-refractivity contribution in [1.82, 2.24) is 4.90 Å². The van der Waals surface area contributed by atoms with Crippen molar-refractivity contribution < 1.29 is 19.1 Å². The zero-order valence-electron chi connectivity index (χ0n) is 27.5.